The van der Waals surface area contributed by atoms with Gasteiger partial charge in [-0.25, -0.2) is 0 Å². The van der Waals surface area contributed by atoms with Crippen molar-refractivity contribution in [2.75, 3.05) is 13.2 Å². The van der Waals surface area contributed by atoms with Crippen LogP contribution in [0.15, 0.2) is 0 Å². The summed E-state index contributed by atoms with van der Waals surface area (Å²) in [6.45, 7) is 7.07. The van der Waals surface area contributed by atoms with Crippen LogP contribution in [0.25, 0.3) is 0 Å². The summed E-state index contributed by atoms with van der Waals surface area (Å²) in [6, 6.07) is 0. The van der Waals surface area contributed by atoms with Gasteiger partial charge >= 0.3 is 7.60 Å². The molecule has 0 aromatic heterocycles. The average Bonchev–Trinajstić information content (AvgIpc) is 2.05. The highest BCUT2D eigenvalue weighted by Gasteiger charge is 2.43. The van der Waals surface area contributed by atoms with Gasteiger partial charge in [0, 0.05) is 0 Å². The van der Waals surface area contributed by atoms with Gasteiger partial charge in [0.2, 0.25) is 0 Å². The van der Waals surface area contributed by atoms with E-state index < -0.39 is 12.8 Å². The number of hydrogen-bond acceptors (Lipinski definition) is 4. The van der Waals surface area contributed by atoms with Crippen LogP contribution in [0.4, 0.5) is 0 Å². The van der Waals surface area contributed by atoms with Gasteiger partial charge in [0.05, 0.1) is 13.2 Å². The van der Waals surface area contributed by atoms with Crippen LogP contribution >= 0.6 is 7.60 Å². The Kier molecular flexibility index (Phi) is 4.82. The summed E-state index contributed by atoms with van der Waals surface area (Å²) in [5.74, 6) is 0. The molecule has 0 N–H and O–H groups in total. The van der Waals surface area contributed by atoms with E-state index in [0.717, 1.165) is 0 Å². The van der Waals surface area contributed by atoms with E-state index in [9.17, 15) is 9.36 Å². The van der Waals surface area contributed by atoms with E-state index in [1.54, 1.807) is 27.7 Å². The van der Waals surface area contributed by atoms with Crippen molar-refractivity contribution in [3.8, 4) is 0 Å². The zero-order valence-electron chi connectivity index (χ0n) is 8.57. The van der Waals surface area contributed by atoms with Crippen molar-refractivity contribution in [3.05, 3.63) is 0 Å². The zero-order chi connectivity index (χ0) is 10.5. The smallest absolute Gasteiger partial charge is 0.308 e. The SMILES string of the molecule is CCOP(=O)(OCC)C(C)(C)C=O. The standard InChI is InChI=1S/C8H17O4P/c1-5-11-13(10,12-6-2)8(3,4)7-9/h7H,5-6H2,1-4H3. The molecule has 0 aliphatic rings. The molecule has 0 atom stereocenters. The minimum absolute atomic E-state index is 0.272. The fraction of sp³-hybridized carbons (Fsp3) is 0.875. The van der Waals surface area contributed by atoms with Crippen molar-refractivity contribution in [1.29, 1.82) is 0 Å². The van der Waals surface area contributed by atoms with Gasteiger partial charge in [-0.1, -0.05) is 0 Å². The predicted octanol–water partition coefficient (Wildman–Crippen LogP) is 2.23. The molecule has 0 amide bonds. The number of hydrogen-bond donors (Lipinski definition) is 0. The van der Waals surface area contributed by atoms with Crippen LogP contribution in [-0.2, 0) is 18.4 Å². The molecular formula is C8H17O4P. The third kappa shape index (κ3) is 2.90. The Morgan fingerprint density at radius 2 is 1.62 bits per heavy atom. The van der Waals surface area contributed by atoms with Gasteiger partial charge in [-0.05, 0) is 27.7 Å². The third-order valence-corrected chi connectivity index (χ3v) is 4.31. The lowest BCUT2D eigenvalue weighted by molar-refractivity contribution is -0.109. The maximum atomic E-state index is 12.0. The predicted molar refractivity (Wildman–Crippen MR) is 51.0 cm³/mol. The van der Waals surface area contributed by atoms with E-state index in [1.165, 1.54) is 0 Å². The van der Waals surface area contributed by atoms with E-state index in [0.29, 0.717) is 6.29 Å². The summed E-state index contributed by atoms with van der Waals surface area (Å²) in [5.41, 5.74) is 0. The fourth-order valence-corrected chi connectivity index (χ4v) is 2.32. The van der Waals surface area contributed by atoms with Gasteiger partial charge in [-0.2, -0.15) is 0 Å². The zero-order valence-corrected chi connectivity index (χ0v) is 9.47. The molecule has 4 nitrogen and oxygen atoms in total. The van der Waals surface area contributed by atoms with Crippen LogP contribution < -0.4 is 0 Å². The Morgan fingerprint density at radius 3 is 1.85 bits per heavy atom. The van der Waals surface area contributed by atoms with Gasteiger partial charge < -0.3 is 13.8 Å². The van der Waals surface area contributed by atoms with Crippen molar-refractivity contribution >= 4 is 13.9 Å². The molecule has 78 valence electrons. The molecule has 0 radical (unpaired) electrons. The first kappa shape index (κ1) is 12.8. The largest absolute Gasteiger partial charge is 0.343 e. The Labute approximate surface area is 79.1 Å². The van der Waals surface area contributed by atoms with Crippen LogP contribution in [0.1, 0.15) is 27.7 Å². The molecule has 0 aliphatic heterocycles. The highest BCUT2D eigenvalue weighted by atomic mass is 31.2. The molecule has 0 rings (SSSR count). The highest BCUT2D eigenvalue weighted by Crippen LogP contribution is 2.58. The monoisotopic (exact) mass is 208 g/mol. The van der Waals surface area contributed by atoms with E-state index in [4.69, 9.17) is 9.05 Å². The third-order valence-electron chi connectivity index (χ3n) is 1.59. The second kappa shape index (κ2) is 4.89. The Balaban J connectivity index is 4.77. The lowest BCUT2D eigenvalue weighted by atomic mass is 10.2. The first-order valence-corrected chi connectivity index (χ1v) is 5.83. The summed E-state index contributed by atoms with van der Waals surface area (Å²) < 4.78 is 22.0. The van der Waals surface area contributed by atoms with Gasteiger partial charge in [-0.3, -0.25) is 4.57 Å². The van der Waals surface area contributed by atoms with Crippen molar-refractivity contribution in [2.24, 2.45) is 0 Å². The van der Waals surface area contributed by atoms with Gasteiger partial charge in [0.1, 0.15) is 11.4 Å². The lowest BCUT2D eigenvalue weighted by Crippen LogP contribution is -2.25. The Morgan fingerprint density at radius 1 is 1.23 bits per heavy atom. The second-order valence-electron chi connectivity index (χ2n) is 3.10. The first-order chi connectivity index (χ1) is 5.93. The molecule has 5 heteroatoms. The number of carbonyl (C=O) groups is 1. The molecule has 0 saturated carbocycles. The maximum absolute atomic E-state index is 12.0. The van der Waals surface area contributed by atoms with E-state index >= 15 is 0 Å². The van der Waals surface area contributed by atoms with Crippen LogP contribution in [-0.4, -0.2) is 24.7 Å². The second-order valence-corrected chi connectivity index (χ2v) is 5.77. The summed E-state index contributed by atoms with van der Waals surface area (Å²) in [6.07, 6.45) is 0.610. The van der Waals surface area contributed by atoms with Crippen LogP contribution in [0.3, 0.4) is 0 Å². The van der Waals surface area contributed by atoms with E-state index in [1.807, 2.05) is 0 Å². The quantitative estimate of drug-likeness (QED) is 0.496. The van der Waals surface area contributed by atoms with E-state index in [-0.39, 0.29) is 13.2 Å². The van der Waals surface area contributed by atoms with Crippen molar-refractivity contribution < 1.29 is 18.4 Å². The molecule has 0 aromatic carbocycles. The summed E-state index contributed by atoms with van der Waals surface area (Å²) in [4.78, 5) is 10.7. The van der Waals surface area contributed by atoms with Crippen molar-refractivity contribution in [3.63, 3.8) is 0 Å². The minimum Gasteiger partial charge on any atom is -0.308 e. The molecule has 13 heavy (non-hydrogen) atoms. The van der Waals surface area contributed by atoms with Gasteiger partial charge in [0.15, 0.2) is 0 Å². The topological polar surface area (TPSA) is 52.6 Å². The van der Waals surface area contributed by atoms with Gasteiger partial charge in [-0.15, -0.1) is 0 Å². The van der Waals surface area contributed by atoms with E-state index in [2.05, 4.69) is 0 Å². The van der Waals surface area contributed by atoms with Gasteiger partial charge in [0.25, 0.3) is 0 Å². The molecule has 0 aliphatic carbocycles. The van der Waals surface area contributed by atoms with Crippen LogP contribution in [0, 0.1) is 0 Å². The van der Waals surface area contributed by atoms with Crippen LogP contribution in [0.5, 0.6) is 0 Å². The Bertz CT molecular complexity index is 202. The van der Waals surface area contributed by atoms with Crippen LogP contribution in [0.2, 0.25) is 0 Å². The highest BCUT2D eigenvalue weighted by molar-refractivity contribution is 7.56. The Hall–Kier alpha value is -0.180. The summed E-state index contributed by atoms with van der Waals surface area (Å²) in [7, 11) is -3.29. The normalized spacial score (nSPS) is 12.9. The van der Waals surface area contributed by atoms with Crippen molar-refractivity contribution in [2.45, 2.75) is 32.9 Å². The number of carbonyl (C=O) groups excluding carboxylic acids is 1. The molecule has 0 heterocycles. The molecular weight excluding hydrogens is 191 g/mol. The average molecular weight is 208 g/mol. The molecule has 0 spiro atoms. The summed E-state index contributed by atoms with van der Waals surface area (Å²) in [5, 5.41) is -1.07. The summed E-state index contributed by atoms with van der Waals surface area (Å²) >= 11 is 0. The molecule has 0 fully saturated rings. The molecule has 0 aromatic rings. The number of rotatable bonds is 6. The van der Waals surface area contributed by atoms with Crippen molar-refractivity contribution in [1.82, 2.24) is 0 Å². The first-order valence-electron chi connectivity index (χ1n) is 4.29. The molecule has 0 unspecified atom stereocenters. The maximum Gasteiger partial charge on any atom is 0.343 e. The molecule has 0 saturated heterocycles. The fourth-order valence-electron chi connectivity index (χ4n) is 0.774. The molecule has 0 bridgehead atoms. The lowest BCUT2D eigenvalue weighted by Gasteiger charge is -2.27. The minimum atomic E-state index is -3.29. The number of aldehydes is 1.